The highest BCUT2D eigenvalue weighted by Crippen LogP contribution is 2.29. The van der Waals surface area contributed by atoms with Gasteiger partial charge in [-0.15, -0.1) is 0 Å². The summed E-state index contributed by atoms with van der Waals surface area (Å²) in [5.41, 5.74) is -5.08. The number of hydrogen-bond acceptors (Lipinski definition) is 4. The van der Waals surface area contributed by atoms with Crippen LogP contribution in [0.4, 0.5) is 28.0 Å². The van der Waals surface area contributed by atoms with Crippen molar-refractivity contribution in [2.75, 3.05) is 25.5 Å². The number of methoxy groups -OCH3 is 1. The molecule has 1 aliphatic rings. The maximum atomic E-state index is 14.5. The zero-order valence-corrected chi connectivity index (χ0v) is 17.1. The minimum Gasteiger partial charge on any atom is -0.380 e. The highest BCUT2D eigenvalue weighted by Gasteiger charge is 2.35. The van der Waals surface area contributed by atoms with Gasteiger partial charge in [0.2, 0.25) is 0 Å². The number of carbonyl (C=O) groups excluding carboxylic acids is 1. The van der Waals surface area contributed by atoms with E-state index in [1.807, 2.05) is 0 Å². The quantitative estimate of drug-likeness (QED) is 0.708. The van der Waals surface area contributed by atoms with Gasteiger partial charge in [0.05, 0.1) is 22.5 Å². The molecular weight excluding hydrogens is 448 g/mol. The van der Waals surface area contributed by atoms with Crippen molar-refractivity contribution in [1.29, 1.82) is 0 Å². The highest BCUT2D eigenvalue weighted by atomic mass is 35.5. The molecule has 0 radical (unpaired) electrons. The van der Waals surface area contributed by atoms with Crippen LogP contribution in [0.15, 0.2) is 27.8 Å². The molecule has 8 nitrogen and oxygen atoms in total. The number of halogens is 5. The zero-order valence-electron chi connectivity index (χ0n) is 16.3. The van der Waals surface area contributed by atoms with Gasteiger partial charge in [0.15, 0.2) is 0 Å². The van der Waals surface area contributed by atoms with Crippen molar-refractivity contribution in [2.45, 2.75) is 18.7 Å². The summed E-state index contributed by atoms with van der Waals surface area (Å²) in [5, 5.41) is 2.22. The van der Waals surface area contributed by atoms with Gasteiger partial charge in [-0.1, -0.05) is 11.6 Å². The fourth-order valence-electron chi connectivity index (χ4n) is 3.22. The van der Waals surface area contributed by atoms with Crippen molar-refractivity contribution in [3.8, 4) is 5.69 Å². The fourth-order valence-corrected chi connectivity index (χ4v) is 3.42. The van der Waals surface area contributed by atoms with Crippen molar-refractivity contribution >= 4 is 23.3 Å². The van der Waals surface area contributed by atoms with Crippen LogP contribution in [0.1, 0.15) is 12.1 Å². The molecule has 2 heterocycles. The molecule has 1 atom stereocenters. The predicted octanol–water partition coefficient (Wildman–Crippen LogP) is 2.60. The Kier molecular flexibility index (Phi) is 6.14. The number of rotatable bonds is 3. The Bertz CT molecular complexity index is 1150. The molecule has 168 valence electrons. The van der Waals surface area contributed by atoms with E-state index in [9.17, 15) is 31.9 Å². The molecule has 0 saturated carbocycles. The lowest BCUT2D eigenvalue weighted by atomic mass is 10.2. The van der Waals surface area contributed by atoms with Crippen molar-refractivity contribution in [1.82, 2.24) is 14.0 Å². The first-order valence-corrected chi connectivity index (χ1v) is 9.30. The summed E-state index contributed by atoms with van der Waals surface area (Å²) < 4.78 is 59.2. The van der Waals surface area contributed by atoms with Crippen LogP contribution in [0.3, 0.4) is 0 Å². The number of urea groups is 1. The van der Waals surface area contributed by atoms with Gasteiger partial charge in [-0.05, 0) is 18.6 Å². The molecule has 1 aromatic heterocycles. The van der Waals surface area contributed by atoms with E-state index >= 15 is 0 Å². The minimum absolute atomic E-state index is 0.127. The van der Waals surface area contributed by atoms with E-state index in [1.54, 1.807) is 0 Å². The Morgan fingerprint density at radius 1 is 1.26 bits per heavy atom. The summed E-state index contributed by atoms with van der Waals surface area (Å²) >= 11 is 5.97. The van der Waals surface area contributed by atoms with E-state index in [0.29, 0.717) is 19.5 Å². The summed E-state index contributed by atoms with van der Waals surface area (Å²) in [5.74, 6) is -1.14. The number of carbonyl (C=O) groups is 1. The van der Waals surface area contributed by atoms with Crippen molar-refractivity contribution in [3.63, 3.8) is 0 Å². The number of benzene rings is 1. The Labute approximate surface area is 177 Å². The highest BCUT2D eigenvalue weighted by molar-refractivity contribution is 6.33. The number of anilines is 1. The third kappa shape index (κ3) is 4.44. The van der Waals surface area contributed by atoms with E-state index in [-0.39, 0.29) is 32.0 Å². The molecule has 1 N–H and O–H groups in total. The van der Waals surface area contributed by atoms with Crippen molar-refractivity contribution in [2.24, 2.45) is 7.05 Å². The summed E-state index contributed by atoms with van der Waals surface area (Å²) in [4.78, 5) is 38.6. The molecule has 31 heavy (non-hydrogen) atoms. The van der Waals surface area contributed by atoms with Crippen LogP contribution < -0.4 is 16.6 Å². The second kappa shape index (κ2) is 8.35. The van der Waals surface area contributed by atoms with Crippen LogP contribution in [-0.4, -0.2) is 46.4 Å². The Balaban J connectivity index is 2.03. The first kappa shape index (κ1) is 22.8. The van der Waals surface area contributed by atoms with Gasteiger partial charge in [-0.2, -0.15) is 13.2 Å². The first-order valence-electron chi connectivity index (χ1n) is 8.92. The lowest BCUT2D eigenvalue weighted by Crippen LogP contribution is -2.41. The summed E-state index contributed by atoms with van der Waals surface area (Å²) in [6.45, 7) is 0.710. The SMILES string of the molecule is COC1CCN(C(=O)Nc2cc(-n3c(=O)cc(C(F)(F)F)n(C)c3=O)c(F)cc2Cl)C1. The molecule has 0 aliphatic carbocycles. The molecule has 2 amide bonds. The number of nitrogens with zero attached hydrogens (tertiary/aromatic N) is 3. The van der Waals surface area contributed by atoms with Gasteiger partial charge in [0, 0.05) is 33.3 Å². The maximum Gasteiger partial charge on any atom is 0.431 e. The van der Waals surface area contributed by atoms with E-state index < -0.39 is 40.7 Å². The molecule has 3 rings (SSSR count). The van der Waals surface area contributed by atoms with Crippen molar-refractivity contribution < 1.29 is 27.1 Å². The molecule has 1 unspecified atom stereocenters. The maximum absolute atomic E-state index is 14.5. The average Bonchev–Trinajstić information content (AvgIpc) is 3.16. The van der Waals surface area contributed by atoms with Gasteiger partial charge in [0.1, 0.15) is 11.5 Å². The lowest BCUT2D eigenvalue weighted by molar-refractivity contribution is -0.144. The number of hydrogen-bond donors (Lipinski definition) is 1. The van der Waals surface area contributed by atoms with E-state index in [2.05, 4.69) is 5.32 Å². The average molecular weight is 465 g/mol. The number of amides is 2. The standard InChI is InChI=1S/C18H17ClF4N4O4/c1-25-14(18(21,22)23)7-15(28)27(17(25)30)13-6-12(10(19)5-11(13)20)24-16(29)26-4-3-9(8-26)31-2/h5-7,9H,3-4,8H2,1-2H3,(H,24,29). The monoisotopic (exact) mass is 464 g/mol. The molecule has 0 bridgehead atoms. The van der Waals surface area contributed by atoms with Gasteiger partial charge in [-0.25, -0.2) is 18.5 Å². The molecule has 1 aromatic carbocycles. The van der Waals surface area contributed by atoms with Crippen molar-refractivity contribution in [3.05, 3.63) is 55.6 Å². The van der Waals surface area contributed by atoms with E-state index in [0.717, 1.165) is 19.2 Å². The van der Waals surface area contributed by atoms with E-state index in [4.69, 9.17) is 16.3 Å². The summed E-state index contributed by atoms with van der Waals surface area (Å²) in [6, 6.07) is 1.27. The largest absolute Gasteiger partial charge is 0.431 e. The zero-order chi connectivity index (χ0) is 23.1. The van der Waals surface area contributed by atoms with Gasteiger partial charge < -0.3 is 15.0 Å². The van der Waals surface area contributed by atoms with Gasteiger partial charge in [0.25, 0.3) is 5.56 Å². The lowest BCUT2D eigenvalue weighted by Gasteiger charge is -2.19. The summed E-state index contributed by atoms with van der Waals surface area (Å²) in [6.07, 6.45) is -4.48. The third-order valence-corrected chi connectivity index (χ3v) is 5.21. The first-order chi connectivity index (χ1) is 14.4. The molecule has 13 heteroatoms. The van der Waals surface area contributed by atoms with Gasteiger partial charge >= 0.3 is 17.9 Å². The number of aromatic nitrogens is 2. The van der Waals surface area contributed by atoms with Crippen LogP contribution >= 0.6 is 11.6 Å². The molecular formula is C18H17ClF4N4O4. The van der Waals surface area contributed by atoms with Crippen LogP contribution in [0, 0.1) is 5.82 Å². The second-order valence-corrected chi connectivity index (χ2v) is 7.26. The van der Waals surface area contributed by atoms with Crippen LogP contribution in [-0.2, 0) is 18.0 Å². The normalized spacial score (nSPS) is 16.6. The molecule has 1 saturated heterocycles. The number of likely N-dealkylation sites (tertiary alicyclic amines) is 1. The fraction of sp³-hybridized carbons (Fsp3) is 0.389. The predicted molar refractivity (Wildman–Crippen MR) is 103 cm³/mol. The minimum atomic E-state index is -4.96. The second-order valence-electron chi connectivity index (χ2n) is 6.85. The van der Waals surface area contributed by atoms with Crippen LogP contribution in [0.25, 0.3) is 5.69 Å². The Morgan fingerprint density at radius 2 is 1.94 bits per heavy atom. The number of nitrogens with one attached hydrogen (secondary N) is 1. The number of alkyl halides is 3. The summed E-state index contributed by atoms with van der Waals surface area (Å²) in [7, 11) is 2.31. The Hall–Kier alpha value is -2.86. The third-order valence-electron chi connectivity index (χ3n) is 4.90. The van der Waals surface area contributed by atoms with E-state index in [1.165, 1.54) is 12.0 Å². The Morgan fingerprint density at radius 3 is 2.52 bits per heavy atom. The molecule has 2 aromatic rings. The number of ether oxygens (including phenoxy) is 1. The van der Waals surface area contributed by atoms with Crippen LogP contribution in [0.2, 0.25) is 5.02 Å². The molecule has 0 spiro atoms. The van der Waals surface area contributed by atoms with Crippen LogP contribution in [0.5, 0.6) is 0 Å². The topological polar surface area (TPSA) is 85.6 Å². The molecule has 1 fully saturated rings. The molecule has 1 aliphatic heterocycles. The smallest absolute Gasteiger partial charge is 0.380 e. The van der Waals surface area contributed by atoms with Gasteiger partial charge in [-0.3, -0.25) is 9.36 Å².